The molecule has 0 unspecified atom stereocenters. The van der Waals surface area contributed by atoms with Gasteiger partial charge in [-0.15, -0.1) is 0 Å². The monoisotopic (exact) mass is 218 g/mol. The smallest absolute Gasteiger partial charge is 0.228 e. The van der Waals surface area contributed by atoms with Crippen molar-refractivity contribution in [2.45, 2.75) is 26.2 Å². The largest absolute Gasteiger partial charge is 0.326 e. The van der Waals surface area contributed by atoms with Crippen LogP contribution in [0.2, 0.25) is 0 Å². The molecule has 1 aliphatic heterocycles. The van der Waals surface area contributed by atoms with E-state index in [1.54, 1.807) is 0 Å². The van der Waals surface area contributed by atoms with E-state index in [0.717, 1.165) is 37.2 Å². The molecule has 86 valence electrons. The van der Waals surface area contributed by atoms with E-state index in [1.165, 1.54) is 5.56 Å². The molecule has 0 saturated carbocycles. The molecule has 0 radical (unpaired) electrons. The number of nitrogens with one attached hydrogen (secondary N) is 2. The standard InChI is InChI=1S/C13H18N2O/c1-2-14-7-3-4-10-5-6-12-11(8-10)9-13(16)15-12/h5-6,8,14H,2-4,7,9H2,1H3,(H,15,16). The molecule has 0 saturated heterocycles. The third kappa shape index (κ3) is 2.61. The Hall–Kier alpha value is -1.35. The zero-order valence-corrected chi connectivity index (χ0v) is 9.68. The summed E-state index contributed by atoms with van der Waals surface area (Å²) in [6, 6.07) is 6.28. The van der Waals surface area contributed by atoms with E-state index in [1.807, 2.05) is 6.07 Å². The lowest BCUT2D eigenvalue weighted by molar-refractivity contribution is -0.115. The number of carbonyl (C=O) groups excluding carboxylic acids is 1. The van der Waals surface area contributed by atoms with Crippen LogP contribution in [0.1, 0.15) is 24.5 Å². The van der Waals surface area contributed by atoms with Crippen molar-refractivity contribution in [2.24, 2.45) is 0 Å². The molecule has 1 heterocycles. The lowest BCUT2D eigenvalue weighted by Gasteiger charge is -2.04. The Morgan fingerprint density at radius 1 is 1.44 bits per heavy atom. The fourth-order valence-corrected chi connectivity index (χ4v) is 2.03. The molecule has 0 spiro atoms. The van der Waals surface area contributed by atoms with Gasteiger partial charge in [-0.25, -0.2) is 0 Å². The fourth-order valence-electron chi connectivity index (χ4n) is 2.03. The van der Waals surface area contributed by atoms with Gasteiger partial charge in [0.05, 0.1) is 6.42 Å². The van der Waals surface area contributed by atoms with Crippen molar-refractivity contribution < 1.29 is 4.79 Å². The minimum absolute atomic E-state index is 0.111. The van der Waals surface area contributed by atoms with E-state index in [0.29, 0.717) is 6.42 Å². The summed E-state index contributed by atoms with van der Waals surface area (Å²) in [6.45, 7) is 4.21. The Morgan fingerprint density at radius 3 is 3.12 bits per heavy atom. The molecular formula is C13H18N2O. The molecule has 2 N–H and O–H groups in total. The van der Waals surface area contributed by atoms with Crippen molar-refractivity contribution in [2.75, 3.05) is 18.4 Å². The van der Waals surface area contributed by atoms with Crippen LogP contribution in [0.15, 0.2) is 18.2 Å². The van der Waals surface area contributed by atoms with Gasteiger partial charge in [-0.1, -0.05) is 19.1 Å². The van der Waals surface area contributed by atoms with Crippen LogP contribution in [-0.2, 0) is 17.6 Å². The number of fused-ring (bicyclic) bond motifs is 1. The van der Waals surface area contributed by atoms with Gasteiger partial charge in [-0.05, 0) is 43.1 Å². The number of benzene rings is 1. The van der Waals surface area contributed by atoms with Crippen LogP contribution in [0.3, 0.4) is 0 Å². The predicted octanol–water partition coefficient (Wildman–Crippen LogP) is 1.72. The highest BCUT2D eigenvalue weighted by Gasteiger charge is 2.16. The molecule has 0 atom stereocenters. The topological polar surface area (TPSA) is 41.1 Å². The minimum Gasteiger partial charge on any atom is -0.326 e. The summed E-state index contributed by atoms with van der Waals surface area (Å²) in [5.41, 5.74) is 3.46. The highest BCUT2D eigenvalue weighted by Crippen LogP contribution is 2.24. The summed E-state index contributed by atoms with van der Waals surface area (Å²) in [4.78, 5) is 11.2. The summed E-state index contributed by atoms with van der Waals surface area (Å²) in [7, 11) is 0. The first-order valence-electron chi connectivity index (χ1n) is 5.92. The molecule has 1 aliphatic rings. The molecular weight excluding hydrogens is 200 g/mol. The average molecular weight is 218 g/mol. The van der Waals surface area contributed by atoms with E-state index in [4.69, 9.17) is 0 Å². The molecule has 0 bridgehead atoms. The van der Waals surface area contributed by atoms with Crippen LogP contribution in [-0.4, -0.2) is 19.0 Å². The van der Waals surface area contributed by atoms with E-state index in [9.17, 15) is 4.79 Å². The summed E-state index contributed by atoms with van der Waals surface area (Å²) in [6.07, 6.45) is 2.76. The zero-order valence-electron chi connectivity index (χ0n) is 9.68. The van der Waals surface area contributed by atoms with Gasteiger partial charge in [0.1, 0.15) is 0 Å². The van der Waals surface area contributed by atoms with Gasteiger partial charge in [0.15, 0.2) is 0 Å². The van der Waals surface area contributed by atoms with E-state index >= 15 is 0 Å². The Morgan fingerprint density at radius 2 is 2.31 bits per heavy atom. The second-order valence-corrected chi connectivity index (χ2v) is 4.17. The van der Waals surface area contributed by atoms with Gasteiger partial charge < -0.3 is 10.6 Å². The van der Waals surface area contributed by atoms with Gasteiger partial charge in [0.25, 0.3) is 0 Å². The van der Waals surface area contributed by atoms with Gasteiger partial charge in [0, 0.05) is 5.69 Å². The molecule has 0 aliphatic carbocycles. The molecule has 0 aromatic heterocycles. The second kappa shape index (κ2) is 5.12. The number of hydrogen-bond acceptors (Lipinski definition) is 2. The van der Waals surface area contributed by atoms with Crippen LogP contribution < -0.4 is 10.6 Å². The van der Waals surface area contributed by atoms with Gasteiger partial charge in [-0.2, -0.15) is 0 Å². The zero-order chi connectivity index (χ0) is 11.4. The molecule has 1 aromatic carbocycles. The van der Waals surface area contributed by atoms with E-state index in [-0.39, 0.29) is 5.91 Å². The van der Waals surface area contributed by atoms with Gasteiger partial charge in [-0.3, -0.25) is 4.79 Å². The summed E-state index contributed by atoms with van der Waals surface area (Å²) in [5, 5.41) is 6.16. The predicted molar refractivity (Wildman–Crippen MR) is 65.6 cm³/mol. The van der Waals surface area contributed by atoms with Crippen molar-refractivity contribution in [1.29, 1.82) is 0 Å². The third-order valence-corrected chi connectivity index (χ3v) is 2.86. The Kier molecular flexibility index (Phi) is 3.57. The minimum atomic E-state index is 0.111. The average Bonchev–Trinajstić information content (AvgIpc) is 2.64. The molecule has 1 aromatic rings. The Balaban J connectivity index is 1.92. The maximum absolute atomic E-state index is 11.2. The summed E-state index contributed by atoms with van der Waals surface area (Å²) in [5.74, 6) is 0.111. The molecule has 2 rings (SSSR count). The number of carbonyl (C=O) groups is 1. The van der Waals surface area contributed by atoms with Crippen LogP contribution in [0.25, 0.3) is 0 Å². The number of aryl methyl sites for hydroxylation is 1. The van der Waals surface area contributed by atoms with Crippen LogP contribution >= 0.6 is 0 Å². The van der Waals surface area contributed by atoms with Crippen molar-refractivity contribution >= 4 is 11.6 Å². The summed E-state index contributed by atoms with van der Waals surface area (Å²) < 4.78 is 0. The summed E-state index contributed by atoms with van der Waals surface area (Å²) >= 11 is 0. The normalized spacial score (nSPS) is 13.7. The number of hydrogen-bond donors (Lipinski definition) is 2. The van der Waals surface area contributed by atoms with Crippen LogP contribution in [0, 0.1) is 0 Å². The lowest BCUT2D eigenvalue weighted by atomic mass is 10.0. The molecule has 0 fully saturated rings. The number of anilines is 1. The SMILES string of the molecule is CCNCCCc1ccc2c(c1)CC(=O)N2. The van der Waals surface area contributed by atoms with E-state index < -0.39 is 0 Å². The molecule has 16 heavy (non-hydrogen) atoms. The lowest BCUT2D eigenvalue weighted by Crippen LogP contribution is -2.14. The Labute approximate surface area is 96.2 Å². The maximum atomic E-state index is 11.2. The molecule has 3 nitrogen and oxygen atoms in total. The van der Waals surface area contributed by atoms with E-state index in [2.05, 4.69) is 29.7 Å². The molecule has 1 amide bonds. The van der Waals surface area contributed by atoms with Crippen LogP contribution in [0.4, 0.5) is 5.69 Å². The maximum Gasteiger partial charge on any atom is 0.228 e. The fraction of sp³-hybridized carbons (Fsp3) is 0.462. The van der Waals surface area contributed by atoms with Crippen LogP contribution in [0.5, 0.6) is 0 Å². The quantitative estimate of drug-likeness (QED) is 0.739. The van der Waals surface area contributed by atoms with Gasteiger partial charge >= 0.3 is 0 Å². The number of rotatable bonds is 5. The molecule has 3 heteroatoms. The first-order chi connectivity index (χ1) is 7.79. The highest BCUT2D eigenvalue weighted by atomic mass is 16.1. The van der Waals surface area contributed by atoms with Crippen molar-refractivity contribution in [3.8, 4) is 0 Å². The number of amides is 1. The highest BCUT2D eigenvalue weighted by molar-refractivity contribution is 5.99. The van der Waals surface area contributed by atoms with Crippen molar-refractivity contribution in [3.05, 3.63) is 29.3 Å². The van der Waals surface area contributed by atoms with Crippen molar-refractivity contribution in [3.63, 3.8) is 0 Å². The first kappa shape index (κ1) is 11.1. The third-order valence-electron chi connectivity index (χ3n) is 2.86. The Bertz CT molecular complexity index is 388. The second-order valence-electron chi connectivity index (χ2n) is 4.17. The first-order valence-corrected chi connectivity index (χ1v) is 5.92. The van der Waals surface area contributed by atoms with Crippen molar-refractivity contribution in [1.82, 2.24) is 5.32 Å². The van der Waals surface area contributed by atoms with Gasteiger partial charge in [0.2, 0.25) is 5.91 Å².